The van der Waals surface area contributed by atoms with Crippen LogP contribution in [0.3, 0.4) is 0 Å². The smallest absolute Gasteiger partial charge is 0.224 e. The monoisotopic (exact) mass is 343 g/mol. The van der Waals surface area contributed by atoms with Crippen LogP contribution >= 0.6 is 0 Å². The first-order valence-corrected chi connectivity index (χ1v) is 9.36. The molecule has 1 aromatic carbocycles. The quantitative estimate of drug-likeness (QED) is 0.645. The third-order valence-electron chi connectivity index (χ3n) is 5.26. The van der Waals surface area contributed by atoms with Crippen molar-refractivity contribution < 1.29 is 9.90 Å². The van der Waals surface area contributed by atoms with Crippen LogP contribution in [-0.2, 0) is 11.2 Å². The number of likely N-dealkylation sites (tertiary alicyclic amines) is 1. The predicted octanol–water partition coefficient (Wildman–Crippen LogP) is 2.37. The lowest BCUT2D eigenvalue weighted by Crippen LogP contribution is -2.33. The molecule has 25 heavy (non-hydrogen) atoms. The summed E-state index contributed by atoms with van der Waals surface area (Å²) in [6.07, 6.45) is 6.70. The molecule has 1 saturated heterocycles. The SMILES string of the molecule is Cc1cccc2c(CC(=O)NCCCCN3CCCC3CO)c[nH]c12. The minimum Gasteiger partial charge on any atom is -0.395 e. The van der Waals surface area contributed by atoms with Crippen molar-refractivity contribution in [3.05, 3.63) is 35.5 Å². The number of para-hydroxylation sites is 1. The number of aliphatic hydroxyl groups is 1. The number of unbranched alkanes of at least 4 members (excludes halogenated alkanes) is 1. The van der Waals surface area contributed by atoms with Crippen LogP contribution in [0, 0.1) is 6.92 Å². The molecule has 1 amide bonds. The van der Waals surface area contributed by atoms with E-state index in [4.69, 9.17) is 0 Å². The Bertz CT molecular complexity index is 710. The number of aryl methyl sites for hydroxylation is 1. The van der Waals surface area contributed by atoms with E-state index in [1.807, 2.05) is 12.3 Å². The molecule has 5 heteroatoms. The maximum atomic E-state index is 12.2. The molecule has 0 radical (unpaired) electrons. The van der Waals surface area contributed by atoms with Gasteiger partial charge in [-0.05, 0) is 56.8 Å². The summed E-state index contributed by atoms with van der Waals surface area (Å²) in [5.74, 6) is 0.0804. The molecule has 1 fully saturated rings. The van der Waals surface area contributed by atoms with Gasteiger partial charge in [-0.2, -0.15) is 0 Å². The Morgan fingerprint density at radius 3 is 3.12 bits per heavy atom. The van der Waals surface area contributed by atoms with Crippen LogP contribution in [-0.4, -0.2) is 53.2 Å². The highest BCUT2D eigenvalue weighted by Crippen LogP contribution is 2.21. The Morgan fingerprint density at radius 2 is 2.28 bits per heavy atom. The Balaban J connectivity index is 1.39. The Labute approximate surface area is 149 Å². The molecular formula is C20H29N3O2. The number of hydrogen-bond acceptors (Lipinski definition) is 3. The molecule has 3 N–H and O–H groups in total. The lowest BCUT2D eigenvalue weighted by molar-refractivity contribution is -0.120. The first-order valence-electron chi connectivity index (χ1n) is 9.36. The van der Waals surface area contributed by atoms with Crippen LogP contribution in [0.1, 0.15) is 36.8 Å². The normalized spacial score (nSPS) is 18.1. The average molecular weight is 343 g/mol. The van der Waals surface area contributed by atoms with Crippen molar-refractivity contribution in [3.8, 4) is 0 Å². The molecule has 1 aliphatic heterocycles. The number of hydrogen-bond donors (Lipinski definition) is 3. The van der Waals surface area contributed by atoms with Crippen LogP contribution in [0.25, 0.3) is 10.9 Å². The van der Waals surface area contributed by atoms with Gasteiger partial charge in [-0.15, -0.1) is 0 Å². The number of nitrogens with one attached hydrogen (secondary N) is 2. The summed E-state index contributed by atoms with van der Waals surface area (Å²) in [6.45, 7) is 5.17. The van der Waals surface area contributed by atoms with E-state index in [9.17, 15) is 9.90 Å². The first kappa shape index (κ1) is 18.0. The highest BCUT2D eigenvalue weighted by Gasteiger charge is 2.22. The van der Waals surface area contributed by atoms with Crippen LogP contribution in [0.4, 0.5) is 0 Å². The lowest BCUT2D eigenvalue weighted by Gasteiger charge is -2.22. The molecule has 1 unspecified atom stereocenters. The van der Waals surface area contributed by atoms with Gasteiger partial charge in [0.15, 0.2) is 0 Å². The molecule has 2 heterocycles. The zero-order chi connectivity index (χ0) is 17.6. The summed E-state index contributed by atoms with van der Waals surface area (Å²) in [4.78, 5) is 17.8. The molecule has 1 aliphatic rings. The van der Waals surface area contributed by atoms with E-state index in [0.717, 1.165) is 55.4 Å². The molecular weight excluding hydrogens is 314 g/mol. The molecule has 1 atom stereocenters. The van der Waals surface area contributed by atoms with Crippen LogP contribution in [0.2, 0.25) is 0 Å². The number of aliphatic hydroxyl groups excluding tert-OH is 1. The topological polar surface area (TPSA) is 68.4 Å². The minimum atomic E-state index is 0.0804. The Hall–Kier alpha value is -1.85. The van der Waals surface area contributed by atoms with Crippen LogP contribution in [0.5, 0.6) is 0 Å². The first-order chi connectivity index (χ1) is 12.2. The Morgan fingerprint density at radius 1 is 1.40 bits per heavy atom. The standard InChI is InChI=1S/C20H29N3O2/c1-15-6-4-8-18-16(13-22-20(15)18)12-19(25)21-9-2-3-10-23-11-5-7-17(23)14-24/h4,6,8,13,17,22,24H,2-3,5,7,9-12,14H2,1H3,(H,21,25). The maximum Gasteiger partial charge on any atom is 0.224 e. The number of aromatic amines is 1. The molecule has 3 rings (SSSR count). The second-order valence-electron chi connectivity index (χ2n) is 7.06. The van der Waals surface area contributed by atoms with Gasteiger partial charge in [0.1, 0.15) is 0 Å². The summed E-state index contributed by atoms with van der Waals surface area (Å²) < 4.78 is 0. The number of carbonyl (C=O) groups excluding carboxylic acids is 1. The summed E-state index contributed by atoms with van der Waals surface area (Å²) in [7, 11) is 0. The molecule has 2 aromatic rings. The van der Waals surface area contributed by atoms with Crippen molar-refractivity contribution >= 4 is 16.8 Å². The second-order valence-corrected chi connectivity index (χ2v) is 7.06. The molecule has 0 saturated carbocycles. The fraction of sp³-hybridized carbons (Fsp3) is 0.550. The maximum absolute atomic E-state index is 12.2. The van der Waals surface area contributed by atoms with Crippen molar-refractivity contribution in [1.29, 1.82) is 0 Å². The third-order valence-corrected chi connectivity index (χ3v) is 5.26. The summed E-state index contributed by atoms with van der Waals surface area (Å²) in [6, 6.07) is 6.52. The fourth-order valence-corrected chi connectivity index (χ4v) is 3.81. The molecule has 1 aromatic heterocycles. The number of fused-ring (bicyclic) bond motifs is 1. The van der Waals surface area contributed by atoms with Gasteiger partial charge < -0.3 is 15.4 Å². The molecule has 0 aliphatic carbocycles. The van der Waals surface area contributed by atoms with Crippen molar-refractivity contribution in [1.82, 2.24) is 15.2 Å². The van der Waals surface area contributed by atoms with Gasteiger partial charge in [0.25, 0.3) is 0 Å². The van der Waals surface area contributed by atoms with Gasteiger partial charge in [0.05, 0.1) is 13.0 Å². The summed E-state index contributed by atoms with van der Waals surface area (Å²) in [5, 5.41) is 13.5. The van der Waals surface area contributed by atoms with Gasteiger partial charge in [0.2, 0.25) is 5.91 Å². The highest BCUT2D eigenvalue weighted by atomic mass is 16.3. The molecule has 136 valence electrons. The van der Waals surface area contributed by atoms with Crippen LogP contribution < -0.4 is 5.32 Å². The van der Waals surface area contributed by atoms with E-state index in [-0.39, 0.29) is 12.5 Å². The van der Waals surface area contributed by atoms with E-state index in [2.05, 4.69) is 34.3 Å². The number of amides is 1. The average Bonchev–Trinajstić information content (AvgIpc) is 3.22. The molecule has 5 nitrogen and oxygen atoms in total. The molecule has 0 spiro atoms. The summed E-state index contributed by atoms with van der Waals surface area (Å²) in [5.41, 5.74) is 3.38. The van der Waals surface area contributed by atoms with Gasteiger partial charge in [0, 0.05) is 29.7 Å². The fourth-order valence-electron chi connectivity index (χ4n) is 3.81. The highest BCUT2D eigenvalue weighted by molar-refractivity contribution is 5.90. The van der Waals surface area contributed by atoms with Crippen molar-refractivity contribution in [2.45, 2.75) is 45.1 Å². The van der Waals surface area contributed by atoms with E-state index in [1.54, 1.807) is 0 Å². The van der Waals surface area contributed by atoms with E-state index < -0.39 is 0 Å². The minimum absolute atomic E-state index is 0.0804. The van der Waals surface area contributed by atoms with E-state index in [0.29, 0.717) is 12.5 Å². The number of nitrogens with zero attached hydrogens (tertiary/aromatic N) is 1. The van der Waals surface area contributed by atoms with Gasteiger partial charge in [-0.25, -0.2) is 0 Å². The van der Waals surface area contributed by atoms with Gasteiger partial charge >= 0.3 is 0 Å². The zero-order valence-corrected chi connectivity index (χ0v) is 15.1. The van der Waals surface area contributed by atoms with Gasteiger partial charge in [-0.1, -0.05) is 18.2 Å². The van der Waals surface area contributed by atoms with Crippen LogP contribution in [0.15, 0.2) is 24.4 Å². The second kappa shape index (κ2) is 8.50. The predicted molar refractivity (Wildman–Crippen MR) is 101 cm³/mol. The van der Waals surface area contributed by atoms with Crippen molar-refractivity contribution in [2.24, 2.45) is 0 Å². The number of aromatic nitrogens is 1. The molecule has 0 bridgehead atoms. The lowest BCUT2D eigenvalue weighted by atomic mass is 10.1. The largest absolute Gasteiger partial charge is 0.395 e. The third kappa shape index (κ3) is 4.41. The zero-order valence-electron chi connectivity index (χ0n) is 15.1. The number of benzene rings is 1. The number of rotatable bonds is 8. The Kier molecular flexibility index (Phi) is 6.10. The summed E-state index contributed by atoms with van der Waals surface area (Å²) >= 11 is 0. The van der Waals surface area contributed by atoms with Gasteiger partial charge in [-0.3, -0.25) is 9.69 Å². The number of carbonyl (C=O) groups is 1. The van der Waals surface area contributed by atoms with Crippen molar-refractivity contribution in [3.63, 3.8) is 0 Å². The van der Waals surface area contributed by atoms with Crippen molar-refractivity contribution in [2.75, 3.05) is 26.2 Å². The van der Waals surface area contributed by atoms with E-state index >= 15 is 0 Å². The van der Waals surface area contributed by atoms with E-state index in [1.165, 1.54) is 12.0 Å². The number of H-pyrrole nitrogens is 1.